The number of carbonyl (C=O) groups is 1. The fraction of sp³-hybridized carbons (Fsp3) is 0.385. The zero-order valence-corrected chi connectivity index (χ0v) is 12.6. The van der Waals surface area contributed by atoms with Crippen LogP contribution in [0.3, 0.4) is 0 Å². The number of rotatable bonds is 4. The van der Waals surface area contributed by atoms with Gasteiger partial charge in [0.25, 0.3) is 0 Å². The monoisotopic (exact) mass is 297 g/mol. The van der Waals surface area contributed by atoms with Crippen molar-refractivity contribution >= 4 is 29.1 Å². The van der Waals surface area contributed by atoms with Crippen LogP contribution in [-0.4, -0.2) is 16.1 Å². The van der Waals surface area contributed by atoms with Crippen molar-refractivity contribution in [3.05, 3.63) is 34.0 Å². The first-order chi connectivity index (χ1) is 8.86. The highest BCUT2D eigenvalue weighted by atomic mass is 32.2. The van der Waals surface area contributed by atoms with Gasteiger partial charge in [-0.25, -0.2) is 9.78 Å². The van der Waals surface area contributed by atoms with Gasteiger partial charge in [0.15, 0.2) is 5.09 Å². The van der Waals surface area contributed by atoms with Crippen LogP contribution in [0.2, 0.25) is 0 Å². The number of carboxylic acids is 1. The van der Waals surface area contributed by atoms with Crippen LogP contribution >= 0.6 is 23.1 Å². The Balaban J connectivity index is 1.98. The van der Waals surface area contributed by atoms with Crippen molar-refractivity contribution < 1.29 is 14.3 Å². The van der Waals surface area contributed by atoms with Crippen molar-refractivity contribution in [2.24, 2.45) is 0 Å². The molecule has 2 aromatic heterocycles. The lowest BCUT2D eigenvalue weighted by Gasteiger charge is -2.13. The number of thiazole rings is 1. The highest BCUT2D eigenvalue weighted by Crippen LogP contribution is 2.29. The molecule has 0 aliphatic rings. The number of nitrogens with zero attached hydrogens (tertiary/aromatic N) is 1. The minimum absolute atomic E-state index is 0.0313. The van der Waals surface area contributed by atoms with Gasteiger partial charge in [0.05, 0.1) is 10.7 Å². The van der Waals surface area contributed by atoms with E-state index in [1.807, 2.05) is 5.38 Å². The van der Waals surface area contributed by atoms with Gasteiger partial charge in [-0.3, -0.25) is 0 Å². The Morgan fingerprint density at radius 3 is 2.74 bits per heavy atom. The highest BCUT2D eigenvalue weighted by Gasteiger charge is 2.18. The van der Waals surface area contributed by atoms with Crippen LogP contribution in [0, 0.1) is 0 Å². The van der Waals surface area contributed by atoms with E-state index in [2.05, 4.69) is 25.8 Å². The molecular formula is C13H15NO3S2. The van der Waals surface area contributed by atoms with Crippen LogP contribution < -0.4 is 0 Å². The molecule has 2 aromatic rings. The van der Waals surface area contributed by atoms with Crippen LogP contribution in [0.25, 0.3) is 0 Å². The van der Waals surface area contributed by atoms with Gasteiger partial charge in [-0.2, -0.15) is 0 Å². The summed E-state index contributed by atoms with van der Waals surface area (Å²) in [6.45, 7) is 6.40. The third-order valence-electron chi connectivity index (χ3n) is 2.35. The average Bonchev–Trinajstić information content (AvgIpc) is 2.95. The van der Waals surface area contributed by atoms with Crippen LogP contribution in [0.4, 0.5) is 0 Å². The highest BCUT2D eigenvalue weighted by molar-refractivity contribution is 7.98. The third kappa shape index (κ3) is 3.61. The predicted octanol–water partition coefficient (Wildman–Crippen LogP) is 4.02. The summed E-state index contributed by atoms with van der Waals surface area (Å²) in [5.74, 6) is -0.397. The summed E-state index contributed by atoms with van der Waals surface area (Å²) >= 11 is 3.10. The van der Waals surface area contributed by atoms with Crippen LogP contribution in [0.5, 0.6) is 0 Å². The van der Waals surface area contributed by atoms with Gasteiger partial charge >= 0.3 is 5.97 Å². The van der Waals surface area contributed by atoms with E-state index in [4.69, 9.17) is 9.52 Å². The summed E-state index contributed by atoms with van der Waals surface area (Å²) < 4.78 is 5.18. The van der Waals surface area contributed by atoms with Crippen LogP contribution in [0.1, 0.15) is 42.0 Å². The summed E-state index contributed by atoms with van der Waals surface area (Å²) in [5.41, 5.74) is 1.06. The molecule has 2 rings (SSSR count). The van der Waals surface area contributed by atoms with E-state index < -0.39 is 5.97 Å². The summed E-state index contributed by atoms with van der Waals surface area (Å²) in [4.78, 5) is 15.3. The molecule has 0 bridgehead atoms. The molecule has 0 spiro atoms. The van der Waals surface area contributed by atoms with Gasteiger partial charge in [-0.05, 0) is 12.1 Å². The van der Waals surface area contributed by atoms with E-state index in [0.29, 0.717) is 10.8 Å². The number of aromatic carboxylic acids is 1. The molecule has 0 aliphatic carbocycles. The fourth-order valence-electron chi connectivity index (χ4n) is 1.38. The first-order valence-electron chi connectivity index (χ1n) is 5.77. The van der Waals surface area contributed by atoms with Gasteiger partial charge in [-0.1, -0.05) is 32.5 Å². The number of furan rings is 1. The molecule has 0 radical (unpaired) electrons. The number of thioether (sulfide) groups is 1. The average molecular weight is 297 g/mol. The molecule has 102 valence electrons. The Hall–Kier alpha value is -1.27. The van der Waals surface area contributed by atoms with Gasteiger partial charge < -0.3 is 9.52 Å². The number of carboxylic acid groups (broad SMARTS) is 1. The maximum atomic E-state index is 10.7. The first-order valence-corrected chi connectivity index (χ1v) is 7.63. The number of aromatic nitrogens is 1. The molecule has 1 N–H and O–H groups in total. The quantitative estimate of drug-likeness (QED) is 0.863. The molecule has 0 aromatic carbocycles. The zero-order chi connectivity index (χ0) is 14.0. The van der Waals surface area contributed by atoms with Crippen molar-refractivity contribution in [2.75, 3.05) is 0 Å². The molecule has 0 saturated carbocycles. The summed E-state index contributed by atoms with van der Waals surface area (Å²) in [6, 6.07) is 3.14. The molecule has 0 aliphatic heterocycles. The van der Waals surface area contributed by atoms with Crippen molar-refractivity contribution in [1.82, 2.24) is 4.98 Å². The number of hydrogen-bond donors (Lipinski definition) is 1. The molecule has 19 heavy (non-hydrogen) atoms. The summed E-state index contributed by atoms with van der Waals surface area (Å²) in [5, 5.41) is 12.5. The Labute approximate surface area is 119 Å². The molecule has 0 atom stereocenters. The molecule has 4 nitrogen and oxygen atoms in total. The molecule has 0 unspecified atom stereocenters. The second kappa shape index (κ2) is 5.38. The lowest BCUT2D eigenvalue weighted by Crippen LogP contribution is -2.10. The molecule has 0 fully saturated rings. The SMILES string of the molecule is CC(C)(C)c1nc(CSc2ccc(C(=O)O)o2)cs1. The predicted molar refractivity (Wildman–Crippen MR) is 76.0 cm³/mol. The Bertz CT molecular complexity index is 581. The lowest BCUT2D eigenvalue weighted by molar-refractivity contribution is 0.0656. The molecular weight excluding hydrogens is 282 g/mol. The normalized spacial score (nSPS) is 11.7. The van der Waals surface area contributed by atoms with Gasteiger partial charge in [0.2, 0.25) is 5.76 Å². The molecule has 2 heterocycles. The van der Waals surface area contributed by atoms with E-state index in [1.54, 1.807) is 17.4 Å². The second-order valence-corrected chi connectivity index (χ2v) is 6.94. The topological polar surface area (TPSA) is 63.3 Å². The smallest absolute Gasteiger partial charge is 0.371 e. The maximum absolute atomic E-state index is 10.7. The van der Waals surface area contributed by atoms with E-state index >= 15 is 0 Å². The van der Waals surface area contributed by atoms with E-state index in [1.165, 1.54) is 17.8 Å². The minimum Gasteiger partial charge on any atom is -0.475 e. The van der Waals surface area contributed by atoms with Gasteiger partial charge in [-0.15, -0.1) is 11.3 Å². The lowest BCUT2D eigenvalue weighted by atomic mass is 9.98. The van der Waals surface area contributed by atoms with Gasteiger partial charge in [0.1, 0.15) is 0 Å². The molecule has 6 heteroatoms. The third-order valence-corrected chi connectivity index (χ3v) is 4.61. The minimum atomic E-state index is -1.05. The maximum Gasteiger partial charge on any atom is 0.371 e. The summed E-state index contributed by atoms with van der Waals surface area (Å²) in [6.07, 6.45) is 0. The van der Waals surface area contributed by atoms with Crippen molar-refractivity contribution in [3.63, 3.8) is 0 Å². The Morgan fingerprint density at radius 2 is 2.21 bits per heavy atom. The van der Waals surface area contributed by atoms with Crippen molar-refractivity contribution in [3.8, 4) is 0 Å². The second-order valence-electron chi connectivity index (χ2n) is 5.11. The van der Waals surface area contributed by atoms with E-state index in [9.17, 15) is 4.79 Å². The number of hydrogen-bond acceptors (Lipinski definition) is 5. The zero-order valence-electron chi connectivity index (χ0n) is 11.0. The largest absolute Gasteiger partial charge is 0.475 e. The van der Waals surface area contributed by atoms with E-state index in [0.717, 1.165) is 10.7 Å². The van der Waals surface area contributed by atoms with E-state index in [-0.39, 0.29) is 11.2 Å². The van der Waals surface area contributed by atoms with Crippen LogP contribution in [-0.2, 0) is 11.2 Å². The fourth-order valence-corrected chi connectivity index (χ4v) is 3.14. The van der Waals surface area contributed by atoms with Crippen molar-refractivity contribution in [2.45, 2.75) is 37.0 Å². The van der Waals surface area contributed by atoms with Gasteiger partial charge in [0, 0.05) is 16.5 Å². The Kier molecular flexibility index (Phi) is 4.01. The van der Waals surface area contributed by atoms with Crippen molar-refractivity contribution in [1.29, 1.82) is 0 Å². The summed E-state index contributed by atoms with van der Waals surface area (Å²) in [7, 11) is 0. The molecule has 0 amide bonds. The van der Waals surface area contributed by atoms with Crippen LogP contribution in [0.15, 0.2) is 27.0 Å². The molecule has 0 saturated heterocycles. The first kappa shape index (κ1) is 14.1. The Morgan fingerprint density at radius 1 is 1.47 bits per heavy atom. The standard InChI is InChI=1S/C13H15NO3S2/c1-13(2,3)12-14-8(7-19-12)6-18-10-5-4-9(17-10)11(15)16/h4-5,7H,6H2,1-3H3,(H,15,16).